The molecule has 0 amide bonds. The molecule has 98 valence electrons. The van der Waals surface area contributed by atoms with Gasteiger partial charge in [0.05, 0.1) is 21.3 Å². The highest BCUT2D eigenvalue weighted by atomic mass is 16.5. The highest BCUT2D eigenvalue weighted by Gasteiger charge is 2.15. The number of methoxy groups -OCH3 is 3. The zero-order valence-corrected chi connectivity index (χ0v) is 11.1. The van der Waals surface area contributed by atoms with Crippen LogP contribution in [0.5, 0.6) is 17.2 Å². The van der Waals surface area contributed by atoms with Gasteiger partial charge in [-0.05, 0) is 6.07 Å². The van der Waals surface area contributed by atoms with E-state index in [1.807, 2.05) is 12.1 Å². The van der Waals surface area contributed by atoms with Crippen molar-refractivity contribution in [1.29, 1.82) is 0 Å². The first kappa shape index (κ1) is 14.2. The predicted molar refractivity (Wildman–Crippen MR) is 71.3 cm³/mol. The average Bonchev–Trinajstić information content (AvgIpc) is 2.42. The first-order valence-corrected chi connectivity index (χ1v) is 5.70. The largest absolute Gasteiger partial charge is 0.493 e. The standard InChI is InChI=1S/C14H19NO3/c1-5-6-9-15-10-11-7-8-12(16-2)14(18-4)13(11)17-3/h1,7-8,15H,6,9-10H2,2-4H3. The maximum absolute atomic E-state index is 5.38. The molecule has 0 spiro atoms. The molecule has 4 heteroatoms. The van der Waals surface area contributed by atoms with Gasteiger partial charge in [0.1, 0.15) is 0 Å². The smallest absolute Gasteiger partial charge is 0.203 e. The molecule has 0 fully saturated rings. The van der Waals surface area contributed by atoms with Crippen molar-refractivity contribution in [3.63, 3.8) is 0 Å². The van der Waals surface area contributed by atoms with E-state index in [9.17, 15) is 0 Å². The highest BCUT2D eigenvalue weighted by Crippen LogP contribution is 2.39. The van der Waals surface area contributed by atoms with Gasteiger partial charge in [0.15, 0.2) is 11.5 Å². The van der Waals surface area contributed by atoms with Crippen LogP contribution in [-0.2, 0) is 6.54 Å². The summed E-state index contributed by atoms with van der Waals surface area (Å²) in [5.41, 5.74) is 1.01. The predicted octanol–water partition coefficient (Wildman–Crippen LogP) is 1.83. The molecule has 0 saturated heterocycles. The van der Waals surface area contributed by atoms with E-state index >= 15 is 0 Å². The summed E-state index contributed by atoms with van der Waals surface area (Å²) in [7, 11) is 4.81. The number of hydrogen-bond donors (Lipinski definition) is 1. The van der Waals surface area contributed by atoms with Crippen LogP contribution in [0.2, 0.25) is 0 Å². The fraction of sp³-hybridized carbons (Fsp3) is 0.429. The molecule has 1 N–H and O–H groups in total. The van der Waals surface area contributed by atoms with Crippen LogP contribution in [0.4, 0.5) is 0 Å². The molecular weight excluding hydrogens is 230 g/mol. The zero-order valence-electron chi connectivity index (χ0n) is 11.1. The monoisotopic (exact) mass is 249 g/mol. The van der Waals surface area contributed by atoms with Gasteiger partial charge in [-0.1, -0.05) is 6.07 Å². The van der Waals surface area contributed by atoms with Crippen LogP contribution in [0.3, 0.4) is 0 Å². The first-order chi connectivity index (χ1) is 8.78. The summed E-state index contributed by atoms with van der Waals surface area (Å²) < 4.78 is 15.9. The van der Waals surface area contributed by atoms with E-state index in [2.05, 4.69) is 11.2 Å². The Balaban J connectivity index is 2.88. The summed E-state index contributed by atoms with van der Waals surface area (Å²) in [5.74, 6) is 4.53. The minimum absolute atomic E-state index is 0.608. The van der Waals surface area contributed by atoms with E-state index in [0.717, 1.165) is 12.1 Å². The third-order valence-corrected chi connectivity index (χ3v) is 2.55. The van der Waals surface area contributed by atoms with Gasteiger partial charge < -0.3 is 19.5 Å². The molecule has 0 unspecified atom stereocenters. The van der Waals surface area contributed by atoms with E-state index in [0.29, 0.717) is 30.2 Å². The van der Waals surface area contributed by atoms with Gasteiger partial charge in [-0.15, -0.1) is 12.3 Å². The normalized spacial score (nSPS) is 9.67. The second-order valence-corrected chi connectivity index (χ2v) is 3.62. The SMILES string of the molecule is C#CCCNCc1ccc(OC)c(OC)c1OC. The van der Waals surface area contributed by atoms with Gasteiger partial charge in [-0.2, -0.15) is 0 Å². The van der Waals surface area contributed by atoms with Crippen molar-refractivity contribution in [3.8, 4) is 29.6 Å². The van der Waals surface area contributed by atoms with Crippen LogP contribution < -0.4 is 19.5 Å². The molecule has 0 aliphatic heterocycles. The van der Waals surface area contributed by atoms with E-state index in [4.69, 9.17) is 20.6 Å². The summed E-state index contributed by atoms with van der Waals surface area (Å²) in [5, 5.41) is 3.25. The van der Waals surface area contributed by atoms with Gasteiger partial charge in [0.25, 0.3) is 0 Å². The number of rotatable bonds is 7. The Morgan fingerprint density at radius 1 is 1.11 bits per heavy atom. The number of hydrogen-bond acceptors (Lipinski definition) is 4. The molecule has 0 atom stereocenters. The quantitative estimate of drug-likeness (QED) is 0.591. The molecule has 0 saturated carbocycles. The molecule has 1 aromatic carbocycles. The molecule has 0 aliphatic rings. The van der Waals surface area contributed by atoms with Crippen molar-refractivity contribution in [2.75, 3.05) is 27.9 Å². The van der Waals surface area contributed by atoms with E-state index < -0.39 is 0 Å². The second-order valence-electron chi connectivity index (χ2n) is 3.62. The lowest BCUT2D eigenvalue weighted by Gasteiger charge is -2.15. The Labute approximate surface area is 108 Å². The number of terminal acetylenes is 1. The van der Waals surface area contributed by atoms with E-state index in [-0.39, 0.29) is 0 Å². The van der Waals surface area contributed by atoms with Gasteiger partial charge >= 0.3 is 0 Å². The van der Waals surface area contributed by atoms with Crippen LogP contribution in [0.1, 0.15) is 12.0 Å². The van der Waals surface area contributed by atoms with Crippen molar-refractivity contribution < 1.29 is 14.2 Å². The molecule has 0 bridgehead atoms. The molecular formula is C14H19NO3. The molecule has 1 rings (SSSR count). The number of nitrogens with one attached hydrogen (secondary N) is 1. The molecule has 4 nitrogen and oxygen atoms in total. The maximum Gasteiger partial charge on any atom is 0.203 e. The first-order valence-electron chi connectivity index (χ1n) is 5.70. The molecule has 0 heterocycles. The Morgan fingerprint density at radius 2 is 1.83 bits per heavy atom. The minimum atomic E-state index is 0.608. The highest BCUT2D eigenvalue weighted by molar-refractivity contribution is 5.55. The molecule has 1 aromatic rings. The van der Waals surface area contributed by atoms with Crippen molar-refractivity contribution in [2.24, 2.45) is 0 Å². The van der Waals surface area contributed by atoms with Crippen LogP contribution in [0.15, 0.2) is 12.1 Å². The Bertz CT molecular complexity index is 424. The van der Waals surface area contributed by atoms with Crippen LogP contribution in [0.25, 0.3) is 0 Å². The topological polar surface area (TPSA) is 39.7 Å². The lowest BCUT2D eigenvalue weighted by molar-refractivity contribution is 0.321. The lowest BCUT2D eigenvalue weighted by atomic mass is 10.1. The Morgan fingerprint density at radius 3 is 2.39 bits per heavy atom. The summed E-state index contributed by atoms with van der Waals surface area (Å²) in [6.45, 7) is 1.44. The number of benzene rings is 1. The van der Waals surface area contributed by atoms with E-state index in [1.54, 1.807) is 21.3 Å². The number of ether oxygens (including phenoxy) is 3. The molecule has 0 radical (unpaired) electrons. The molecule has 0 aromatic heterocycles. The Hall–Kier alpha value is -1.86. The fourth-order valence-electron chi connectivity index (χ4n) is 1.69. The van der Waals surface area contributed by atoms with Crippen molar-refractivity contribution in [2.45, 2.75) is 13.0 Å². The van der Waals surface area contributed by atoms with Crippen LogP contribution >= 0.6 is 0 Å². The van der Waals surface area contributed by atoms with Gasteiger partial charge in [0.2, 0.25) is 5.75 Å². The average molecular weight is 249 g/mol. The summed E-state index contributed by atoms with van der Waals surface area (Å²) in [4.78, 5) is 0. The molecule has 18 heavy (non-hydrogen) atoms. The summed E-state index contributed by atoms with van der Waals surface area (Å²) in [6.07, 6.45) is 5.90. The van der Waals surface area contributed by atoms with Crippen molar-refractivity contribution in [1.82, 2.24) is 5.32 Å². The third kappa shape index (κ3) is 3.31. The van der Waals surface area contributed by atoms with Gasteiger partial charge in [-0.25, -0.2) is 0 Å². The summed E-state index contributed by atoms with van der Waals surface area (Å²) in [6, 6.07) is 3.81. The van der Waals surface area contributed by atoms with E-state index in [1.165, 1.54) is 0 Å². The molecule has 0 aliphatic carbocycles. The van der Waals surface area contributed by atoms with Crippen LogP contribution in [0, 0.1) is 12.3 Å². The third-order valence-electron chi connectivity index (χ3n) is 2.55. The minimum Gasteiger partial charge on any atom is -0.493 e. The Kier molecular flexibility index (Phi) is 5.89. The van der Waals surface area contributed by atoms with Gasteiger partial charge in [0, 0.05) is 25.1 Å². The lowest BCUT2D eigenvalue weighted by Crippen LogP contribution is -2.15. The second kappa shape index (κ2) is 7.46. The van der Waals surface area contributed by atoms with Crippen molar-refractivity contribution in [3.05, 3.63) is 17.7 Å². The van der Waals surface area contributed by atoms with Crippen LogP contribution in [-0.4, -0.2) is 27.9 Å². The maximum atomic E-state index is 5.38. The van der Waals surface area contributed by atoms with Gasteiger partial charge in [-0.3, -0.25) is 0 Å². The fourth-order valence-corrected chi connectivity index (χ4v) is 1.69. The zero-order chi connectivity index (χ0) is 13.4. The van der Waals surface area contributed by atoms with Crippen molar-refractivity contribution >= 4 is 0 Å². The summed E-state index contributed by atoms with van der Waals surface area (Å²) >= 11 is 0.